The van der Waals surface area contributed by atoms with Gasteiger partial charge in [0.05, 0.1) is 25.4 Å². The molecule has 2 saturated heterocycles. The van der Waals surface area contributed by atoms with E-state index in [9.17, 15) is 31.8 Å². The lowest BCUT2D eigenvalue weighted by Crippen LogP contribution is -2.59. The number of piperazine rings is 1. The predicted molar refractivity (Wildman–Crippen MR) is 130 cm³/mol. The van der Waals surface area contributed by atoms with Gasteiger partial charge in [-0.25, -0.2) is 8.42 Å². The second kappa shape index (κ2) is 10.6. The number of hydrogen-bond donors (Lipinski definition) is 2. The fourth-order valence-corrected chi connectivity index (χ4v) is 7.19. The molecule has 4 rings (SSSR count). The number of rotatable bonds is 7. The van der Waals surface area contributed by atoms with Crippen LogP contribution in [-0.4, -0.2) is 98.6 Å². The van der Waals surface area contributed by atoms with Crippen LogP contribution in [-0.2, 0) is 20.4 Å². The molecule has 0 spiro atoms. The number of morpholine rings is 1. The largest absolute Gasteiger partial charge is 0.421 e. The van der Waals surface area contributed by atoms with Crippen molar-refractivity contribution in [3.8, 4) is 0 Å². The van der Waals surface area contributed by atoms with Gasteiger partial charge >= 0.3 is 6.18 Å². The molecule has 8 nitrogen and oxygen atoms in total. The Morgan fingerprint density at radius 1 is 1.11 bits per heavy atom. The molecule has 200 valence electrons. The Labute approximate surface area is 212 Å². The van der Waals surface area contributed by atoms with Crippen molar-refractivity contribution in [3.05, 3.63) is 47.3 Å². The first kappa shape index (κ1) is 27.3. The highest BCUT2D eigenvalue weighted by molar-refractivity contribution is 7.91. The highest BCUT2D eigenvalue weighted by Gasteiger charge is 2.51. The SMILES string of the molecule is C[C@@](O)(c1ccc(N2CCN(S(=O)(=O)c3cccs3)C[C@H]2CN2CCO[C@@H](CO)C2)cc1)C(F)(F)F. The molecule has 0 amide bonds. The molecule has 2 aliphatic heterocycles. The lowest BCUT2D eigenvalue weighted by molar-refractivity contribution is -0.258. The summed E-state index contributed by atoms with van der Waals surface area (Å²) >= 11 is 1.15. The van der Waals surface area contributed by atoms with Gasteiger partial charge < -0.3 is 19.8 Å². The third-order valence-corrected chi connectivity index (χ3v) is 9.98. The molecule has 3 atom stereocenters. The molecule has 0 aliphatic carbocycles. The van der Waals surface area contributed by atoms with Crippen molar-refractivity contribution in [2.75, 3.05) is 57.4 Å². The third-order valence-electron chi connectivity index (χ3n) is 6.74. The number of thiophene rings is 1. The van der Waals surface area contributed by atoms with E-state index in [-0.39, 0.29) is 41.6 Å². The van der Waals surface area contributed by atoms with Crippen LogP contribution >= 0.6 is 11.3 Å². The Balaban J connectivity index is 1.59. The number of ether oxygens (including phenoxy) is 1. The first-order valence-electron chi connectivity index (χ1n) is 11.6. The van der Waals surface area contributed by atoms with E-state index in [4.69, 9.17) is 4.74 Å². The van der Waals surface area contributed by atoms with Crippen LogP contribution in [0.4, 0.5) is 18.9 Å². The van der Waals surface area contributed by atoms with Gasteiger partial charge in [0.2, 0.25) is 0 Å². The average Bonchev–Trinajstić information content (AvgIpc) is 3.40. The maximum Gasteiger partial charge on any atom is 0.421 e. The van der Waals surface area contributed by atoms with Gasteiger partial charge in [0.25, 0.3) is 10.0 Å². The molecule has 2 aromatic rings. The van der Waals surface area contributed by atoms with Crippen LogP contribution in [0.1, 0.15) is 12.5 Å². The summed E-state index contributed by atoms with van der Waals surface area (Å²) < 4.78 is 73.5. The molecular formula is C23H30F3N3O5S2. The van der Waals surface area contributed by atoms with Crippen molar-refractivity contribution >= 4 is 27.0 Å². The number of aliphatic hydroxyl groups is 2. The van der Waals surface area contributed by atoms with Crippen LogP contribution in [0.3, 0.4) is 0 Å². The minimum Gasteiger partial charge on any atom is -0.394 e. The van der Waals surface area contributed by atoms with Gasteiger partial charge in [0.1, 0.15) is 4.21 Å². The summed E-state index contributed by atoms with van der Waals surface area (Å²) in [6.45, 7) is 3.40. The fraction of sp³-hybridized carbons (Fsp3) is 0.565. The van der Waals surface area contributed by atoms with Gasteiger partial charge in [-0.1, -0.05) is 18.2 Å². The predicted octanol–water partition coefficient (Wildman–Crippen LogP) is 2.09. The number of alkyl halides is 3. The summed E-state index contributed by atoms with van der Waals surface area (Å²) in [5.41, 5.74) is -2.61. The molecular weight excluding hydrogens is 519 g/mol. The number of benzene rings is 1. The van der Waals surface area contributed by atoms with Crippen molar-refractivity contribution in [3.63, 3.8) is 0 Å². The highest BCUT2D eigenvalue weighted by atomic mass is 32.2. The lowest BCUT2D eigenvalue weighted by Gasteiger charge is -2.45. The van der Waals surface area contributed by atoms with E-state index >= 15 is 0 Å². The Morgan fingerprint density at radius 2 is 1.83 bits per heavy atom. The highest BCUT2D eigenvalue weighted by Crippen LogP contribution is 2.39. The minimum atomic E-state index is -4.82. The van der Waals surface area contributed by atoms with Crippen molar-refractivity contribution in [1.29, 1.82) is 0 Å². The normalized spacial score (nSPS) is 24.6. The van der Waals surface area contributed by atoms with Crippen LogP contribution in [0.15, 0.2) is 46.0 Å². The second-order valence-corrected chi connectivity index (χ2v) is 12.3. The maximum atomic E-state index is 13.3. The van der Waals surface area contributed by atoms with Gasteiger partial charge in [-0.2, -0.15) is 17.5 Å². The van der Waals surface area contributed by atoms with Crippen molar-refractivity contribution < 1.29 is 36.5 Å². The first-order valence-corrected chi connectivity index (χ1v) is 13.9. The van der Waals surface area contributed by atoms with Crippen LogP contribution in [0.2, 0.25) is 0 Å². The van der Waals surface area contributed by atoms with Crippen molar-refractivity contribution in [2.24, 2.45) is 0 Å². The summed E-state index contributed by atoms with van der Waals surface area (Å²) in [5, 5.41) is 21.2. The van der Waals surface area contributed by atoms with E-state index in [0.29, 0.717) is 38.5 Å². The Bertz CT molecular complexity index is 1110. The van der Waals surface area contributed by atoms with E-state index < -0.39 is 21.8 Å². The Kier molecular flexibility index (Phi) is 8.01. The molecule has 0 bridgehead atoms. The summed E-state index contributed by atoms with van der Waals surface area (Å²) in [6, 6.07) is 8.53. The second-order valence-electron chi connectivity index (χ2n) is 9.19. The van der Waals surface area contributed by atoms with Crippen LogP contribution in [0.5, 0.6) is 0 Å². The topological polar surface area (TPSA) is 93.6 Å². The molecule has 0 unspecified atom stereocenters. The molecule has 36 heavy (non-hydrogen) atoms. The Morgan fingerprint density at radius 3 is 2.44 bits per heavy atom. The van der Waals surface area contributed by atoms with E-state index in [1.165, 1.54) is 28.6 Å². The third kappa shape index (κ3) is 5.57. The van der Waals surface area contributed by atoms with E-state index in [1.54, 1.807) is 17.5 Å². The van der Waals surface area contributed by atoms with Crippen LogP contribution in [0.25, 0.3) is 0 Å². The fourth-order valence-electron chi connectivity index (χ4n) is 4.57. The molecule has 3 heterocycles. The molecule has 0 radical (unpaired) electrons. The summed E-state index contributed by atoms with van der Waals surface area (Å²) in [5.74, 6) is 0. The van der Waals surface area contributed by atoms with Gasteiger partial charge in [-0.05, 0) is 36.1 Å². The zero-order chi connectivity index (χ0) is 26.1. The molecule has 2 aliphatic rings. The van der Waals surface area contributed by atoms with Gasteiger partial charge in [0.15, 0.2) is 5.60 Å². The number of aliphatic hydroxyl groups excluding tert-OH is 1. The molecule has 2 N–H and O–H groups in total. The van der Waals surface area contributed by atoms with E-state index in [0.717, 1.165) is 18.3 Å². The van der Waals surface area contributed by atoms with Gasteiger partial charge in [-0.3, -0.25) is 4.90 Å². The number of nitrogens with zero attached hydrogens (tertiary/aromatic N) is 3. The zero-order valence-corrected chi connectivity index (χ0v) is 21.4. The van der Waals surface area contributed by atoms with Gasteiger partial charge in [-0.15, -0.1) is 11.3 Å². The van der Waals surface area contributed by atoms with Crippen molar-refractivity contribution in [2.45, 2.75) is 35.1 Å². The Hall–Kier alpha value is -1.74. The molecule has 1 aromatic carbocycles. The first-order chi connectivity index (χ1) is 16.9. The lowest BCUT2D eigenvalue weighted by atomic mass is 9.95. The smallest absolute Gasteiger partial charge is 0.394 e. The maximum absolute atomic E-state index is 13.3. The standard InChI is InChI=1S/C23H30F3N3O5S2/c1-22(31,23(24,25)26)17-4-6-18(7-5-17)29-9-8-28(36(32,33)21-3-2-12-35-21)14-19(29)13-27-10-11-34-20(15-27)16-30/h2-7,12,19-20,30-31H,8-11,13-16H2,1H3/t19-,20-,22-/m1/s1. The summed E-state index contributed by atoms with van der Waals surface area (Å²) in [6.07, 6.45) is -5.15. The van der Waals surface area contributed by atoms with E-state index in [1.807, 2.05) is 4.90 Å². The molecule has 2 fully saturated rings. The summed E-state index contributed by atoms with van der Waals surface area (Å²) in [7, 11) is -3.67. The number of anilines is 1. The average molecular weight is 550 g/mol. The molecule has 13 heteroatoms. The number of halogens is 3. The zero-order valence-electron chi connectivity index (χ0n) is 19.8. The minimum absolute atomic E-state index is 0.121. The molecule has 0 saturated carbocycles. The van der Waals surface area contributed by atoms with Crippen LogP contribution in [0, 0.1) is 0 Å². The van der Waals surface area contributed by atoms with E-state index in [2.05, 4.69) is 4.90 Å². The number of hydrogen-bond acceptors (Lipinski definition) is 8. The van der Waals surface area contributed by atoms with Gasteiger partial charge in [0, 0.05) is 45.0 Å². The quantitative estimate of drug-likeness (QED) is 0.547. The number of sulfonamides is 1. The monoisotopic (exact) mass is 549 g/mol. The molecule has 1 aromatic heterocycles. The van der Waals surface area contributed by atoms with Crippen LogP contribution < -0.4 is 4.90 Å². The van der Waals surface area contributed by atoms with Crippen molar-refractivity contribution in [1.82, 2.24) is 9.21 Å². The summed E-state index contributed by atoms with van der Waals surface area (Å²) in [4.78, 5) is 4.10.